The van der Waals surface area contributed by atoms with Crippen LogP contribution in [0.2, 0.25) is 0 Å². The first-order chi connectivity index (χ1) is 40.1. The number of carbonyl (C=O) groups excluding carboxylic acids is 2. The van der Waals surface area contributed by atoms with Crippen molar-refractivity contribution >= 4 is 17.3 Å². The molecule has 2 aromatic rings. The van der Waals surface area contributed by atoms with Crippen molar-refractivity contribution in [3.05, 3.63) is 106 Å². The number of nitrogen functional groups attached to an aromatic ring is 1. The lowest BCUT2D eigenvalue weighted by Gasteiger charge is -2.75. The van der Waals surface area contributed by atoms with E-state index in [4.69, 9.17) is 10.5 Å². The summed E-state index contributed by atoms with van der Waals surface area (Å²) in [4.78, 5) is 32.9. The molecular formula is C73H99N3O8. The fraction of sp³-hybridized carbons (Fsp3) is 0.699. The maximum atomic E-state index is 16.5. The number of hydrogen-bond acceptors (Lipinski definition) is 11. The zero-order chi connectivity index (χ0) is 58.8. The molecule has 5 saturated carbocycles. The van der Waals surface area contributed by atoms with Gasteiger partial charge in [-0.3, -0.25) is 9.59 Å². The van der Waals surface area contributed by atoms with Crippen LogP contribution in [-0.4, -0.2) is 92.9 Å². The molecule has 11 aliphatic carbocycles. The Morgan fingerprint density at radius 1 is 0.881 bits per heavy atom. The van der Waals surface area contributed by atoms with E-state index in [0.717, 1.165) is 93.0 Å². The third kappa shape index (κ3) is 8.39. The SMILES string of the molecule is CNCc1cc(O)cc(C2C(=O)C34CC=CC2C2(C)C3C(CC35C6CC(C=CC6O)C6CCC(CO)C7C=CC(C(O)C8OC8(C)C8CCCC8c8cc(N)cc(CC(C)C)c8)C(C8=C(CCC23)C5(C)CC8=O)C76)NCC(C)(O)CCCC4)c1. The van der Waals surface area contributed by atoms with Crippen LogP contribution >= 0.6 is 0 Å². The monoisotopic (exact) mass is 1150 g/mol. The first kappa shape index (κ1) is 57.8. The highest BCUT2D eigenvalue weighted by atomic mass is 16.6. The number of ether oxygens (including phenoxy) is 1. The number of fused-ring (bicyclic) bond motifs is 6. The van der Waals surface area contributed by atoms with Crippen LogP contribution in [0.3, 0.4) is 0 Å². The summed E-state index contributed by atoms with van der Waals surface area (Å²) in [7, 11) is 1.91. The normalized spacial score (nSPS) is 47.5. The molecule has 2 aromatic carbocycles. The van der Waals surface area contributed by atoms with Gasteiger partial charge in [-0.05, 0) is 238 Å². The highest BCUT2D eigenvalue weighted by molar-refractivity contribution is 6.01. The molecule has 454 valence electrons. The number of hydrogen-bond donors (Lipinski definition) is 8. The van der Waals surface area contributed by atoms with Crippen LogP contribution in [0.5, 0.6) is 5.75 Å². The predicted octanol–water partition coefficient (Wildman–Crippen LogP) is 10.8. The molecule has 8 bridgehead atoms. The number of phenolic OH excluding ortho intramolecular Hbond substituents is 1. The van der Waals surface area contributed by atoms with Crippen molar-refractivity contribution in [3.63, 3.8) is 0 Å². The number of ketones is 2. The molecule has 7 fully saturated rings. The molecule has 15 rings (SSSR count). The number of carbonyl (C=O) groups is 2. The largest absolute Gasteiger partial charge is 0.508 e. The summed E-state index contributed by atoms with van der Waals surface area (Å²) in [5.74, 6) is 0.0780. The molecule has 0 amide bonds. The van der Waals surface area contributed by atoms with Crippen LogP contribution in [0.4, 0.5) is 5.69 Å². The van der Waals surface area contributed by atoms with Gasteiger partial charge in [-0.15, -0.1) is 0 Å². The van der Waals surface area contributed by atoms with E-state index in [2.05, 4.69) is 106 Å². The number of nitrogens with one attached hydrogen (secondary N) is 2. The maximum Gasteiger partial charge on any atom is 0.160 e. The van der Waals surface area contributed by atoms with E-state index in [1.807, 2.05) is 26.1 Å². The number of phenols is 1. The third-order valence-corrected chi connectivity index (χ3v) is 26.8. The molecule has 2 aliphatic heterocycles. The number of benzene rings is 2. The van der Waals surface area contributed by atoms with Crippen LogP contribution in [-0.2, 0) is 27.3 Å². The second-order valence-corrected chi connectivity index (χ2v) is 31.5. The summed E-state index contributed by atoms with van der Waals surface area (Å²) in [5.41, 5.74) is 9.83. The van der Waals surface area contributed by atoms with E-state index in [0.29, 0.717) is 51.1 Å². The zero-order valence-electron chi connectivity index (χ0n) is 51.4. The molecule has 9 N–H and O–H groups in total. The molecule has 0 radical (unpaired) electrons. The van der Waals surface area contributed by atoms with Crippen molar-refractivity contribution in [1.82, 2.24) is 10.6 Å². The Bertz CT molecular complexity index is 3090. The van der Waals surface area contributed by atoms with Gasteiger partial charge in [0.1, 0.15) is 17.6 Å². The lowest BCUT2D eigenvalue weighted by atomic mass is 9.29. The van der Waals surface area contributed by atoms with Gasteiger partial charge in [0.05, 0.1) is 29.3 Å². The summed E-state index contributed by atoms with van der Waals surface area (Å²) in [6.07, 6.45) is 24.5. The Kier molecular flexibility index (Phi) is 14.1. The zero-order valence-corrected chi connectivity index (χ0v) is 51.4. The first-order valence-corrected chi connectivity index (χ1v) is 33.4. The van der Waals surface area contributed by atoms with Gasteiger partial charge >= 0.3 is 0 Å². The van der Waals surface area contributed by atoms with E-state index >= 15 is 9.59 Å². The van der Waals surface area contributed by atoms with Gasteiger partial charge in [0.25, 0.3) is 0 Å². The van der Waals surface area contributed by atoms with Gasteiger partial charge in [0.2, 0.25) is 0 Å². The van der Waals surface area contributed by atoms with Crippen LogP contribution in [0.1, 0.15) is 172 Å². The van der Waals surface area contributed by atoms with Crippen molar-refractivity contribution in [2.75, 3.05) is 25.9 Å². The standard InChI is InChI=1S/C73H99N3O8/c1-39(2)26-40-27-44(31-46(74)29-40)48-12-10-13-52(48)71(6)67(84-71)64(81)51-19-18-50-43(37-77)15-17-49-42-16-21-57(79)55(33-42)73-34-56-65-70(5,59(73)22-20-53-63(62(51)61(49)50)58(80)35-69(53,73)4)54-14-11-25-72(65,24-9-8-23-68(3,83)38-76-56)66(82)60(54)45-28-41(36-75-7)30-47(78)32-45/h11,14,16,18-19,21,27-32,39,42-43,48-52,54-57,59-62,64-65,67,75-79,81,83H,8-10,12-13,15,17,20,22-26,33-38,74H2,1-7H3. The Hall–Kier alpha value is -3.94. The number of aromatic hydroxyl groups is 1. The quantitative estimate of drug-likeness (QED) is 0.0640. The number of Topliss-reactive ketones (excluding diaryl/α,β-unsaturated/α-hetero) is 2. The maximum absolute atomic E-state index is 16.5. The number of aliphatic hydroxyl groups is 4. The Labute approximate surface area is 500 Å². The molecule has 84 heavy (non-hydrogen) atoms. The molecule has 2 spiro atoms. The van der Waals surface area contributed by atoms with Gasteiger partial charge in [-0.1, -0.05) is 101 Å². The van der Waals surface area contributed by atoms with E-state index in [9.17, 15) is 25.5 Å². The Morgan fingerprint density at radius 3 is 2.46 bits per heavy atom. The summed E-state index contributed by atoms with van der Waals surface area (Å²) >= 11 is 0. The molecular weight excluding hydrogens is 1050 g/mol. The van der Waals surface area contributed by atoms with E-state index in [-0.39, 0.29) is 101 Å². The van der Waals surface area contributed by atoms with Crippen LogP contribution in [0, 0.1) is 98.6 Å². The number of epoxide rings is 1. The lowest BCUT2D eigenvalue weighted by molar-refractivity contribution is -0.243. The number of β-amino-alcohol motifs (C(OH)–C–C–N with tert-alkyl or cyclic N) is 1. The van der Waals surface area contributed by atoms with Gasteiger partial charge in [0, 0.05) is 54.6 Å². The second kappa shape index (κ2) is 20.6. The minimum Gasteiger partial charge on any atom is -0.508 e. The highest BCUT2D eigenvalue weighted by Crippen LogP contribution is 2.81. The van der Waals surface area contributed by atoms with Gasteiger partial charge in [-0.2, -0.15) is 0 Å². The van der Waals surface area contributed by atoms with Crippen molar-refractivity contribution in [1.29, 1.82) is 0 Å². The minimum absolute atomic E-state index is 0.0110. The second-order valence-electron chi connectivity index (χ2n) is 31.5. The third-order valence-electron chi connectivity index (χ3n) is 26.8. The minimum atomic E-state index is -0.975. The molecule has 2 saturated heterocycles. The number of aliphatic hydroxyl groups excluding tert-OH is 3. The first-order valence-electron chi connectivity index (χ1n) is 33.4. The molecule has 11 nitrogen and oxygen atoms in total. The fourth-order valence-electron chi connectivity index (χ4n) is 23.9. The van der Waals surface area contributed by atoms with Crippen molar-refractivity contribution in [3.8, 4) is 5.75 Å². The van der Waals surface area contributed by atoms with Gasteiger partial charge in [0.15, 0.2) is 5.78 Å². The number of rotatable bonds is 10. The topological polar surface area (TPSA) is 198 Å². The molecule has 13 aliphatic rings. The molecule has 24 atom stereocenters. The summed E-state index contributed by atoms with van der Waals surface area (Å²) in [6.45, 7) is 14.7. The smallest absolute Gasteiger partial charge is 0.160 e. The number of anilines is 1. The van der Waals surface area contributed by atoms with E-state index in [1.165, 1.54) is 16.7 Å². The lowest BCUT2D eigenvalue weighted by Crippen LogP contribution is -2.75. The predicted molar refractivity (Wildman–Crippen MR) is 327 cm³/mol. The number of allylic oxidation sites excluding steroid dienone is 6. The van der Waals surface area contributed by atoms with Crippen molar-refractivity contribution < 1.29 is 39.9 Å². The number of nitrogens with two attached hydrogens (primary N) is 1. The Balaban J connectivity index is 0.932. The summed E-state index contributed by atoms with van der Waals surface area (Å²) in [6, 6.07) is 12.3. The summed E-state index contributed by atoms with van der Waals surface area (Å²) in [5, 5.41) is 69.3. The van der Waals surface area contributed by atoms with Crippen LogP contribution in [0.15, 0.2) is 84.0 Å². The highest BCUT2D eigenvalue weighted by Gasteiger charge is 2.79. The van der Waals surface area contributed by atoms with Gasteiger partial charge < -0.3 is 46.6 Å². The molecule has 24 unspecified atom stereocenters. The molecule has 0 aromatic heterocycles. The van der Waals surface area contributed by atoms with E-state index in [1.54, 1.807) is 0 Å². The molecule has 2 heterocycles. The van der Waals surface area contributed by atoms with Crippen molar-refractivity contribution in [2.45, 2.75) is 198 Å². The Morgan fingerprint density at radius 2 is 1.68 bits per heavy atom. The van der Waals surface area contributed by atoms with E-state index < -0.39 is 63.0 Å². The van der Waals surface area contributed by atoms with Crippen LogP contribution < -0.4 is 16.4 Å². The van der Waals surface area contributed by atoms with Crippen molar-refractivity contribution in [2.24, 2.45) is 98.6 Å². The van der Waals surface area contributed by atoms with Gasteiger partial charge in [-0.25, -0.2) is 0 Å². The molecule has 11 heteroatoms. The average Bonchev–Trinajstić information content (AvgIpc) is 1.12. The fourth-order valence-corrected chi connectivity index (χ4v) is 23.9. The average molecular weight is 1150 g/mol. The van der Waals surface area contributed by atoms with Crippen LogP contribution in [0.25, 0.3) is 0 Å². The summed E-state index contributed by atoms with van der Waals surface area (Å²) < 4.78 is 7.04.